The van der Waals surface area contributed by atoms with E-state index in [2.05, 4.69) is 37.8 Å². The van der Waals surface area contributed by atoms with Crippen LogP contribution in [0.2, 0.25) is 19.6 Å². The summed E-state index contributed by atoms with van der Waals surface area (Å²) in [6, 6.07) is 14.1. The number of aromatic nitrogens is 1. The van der Waals surface area contributed by atoms with Gasteiger partial charge in [-0.25, -0.2) is 0 Å². The molecule has 0 N–H and O–H groups in total. The molecule has 0 unspecified atom stereocenters. The maximum atomic E-state index is 12.3. The number of aryl methyl sites for hydroxylation is 1. The van der Waals surface area contributed by atoms with E-state index in [1.807, 2.05) is 35.8 Å². The Kier molecular flexibility index (Phi) is 3.76. The minimum atomic E-state index is -1.42. The second-order valence-electron chi connectivity index (χ2n) is 6.05. The molecule has 0 saturated carbocycles. The van der Waals surface area contributed by atoms with Crippen molar-refractivity contribution in [3.8, 4) is 0 Å². The van der Waals surface area contributed by atoms with Gasteiger partial charge < -0.3 is 4.57 Å². The van der Waals surface area contributed by atoms with Gasteiger partial charge in [-0.1, -0.05) is 55.2 Å². The Morgan fingerprint density at radius 1 is 1.05 bits per heavy atom. The number of hydrogen-bond acceptors (Lipinski definition) is 1. The van der Waals surface area contributed by atoms with Gasteiger partial charge in [0.25, 0.3) is 5.56 Å². The number of benzene rings is 1. The molecule has 1 aromatic heterocycles. The smallest absolute Gasteiger partial charge is 0.250 e. The van der Waals surface area contributed by atoms with E-state index >= 15 is 0 Å². The van der Waals surface area contributed by atoms with Crippen molar-refractivity contribution in [3.63, 3.8) is 0 Å². The highest BCUT2D eigenvalue weighted by atomic mass is 28.3. The molecule has 3 heteroatoms. The van der Waals surface area contributed by atoms with Crippen LogP contribution in [0.1, 0.15) is 11.3 Å². The predicted octanol–water partition coefficient (Wildman–Crippen LogP) is 2.75. The SMILES string of the molecule is Cc1cc([Si](C)(C)C)cc(=O)n1Cc1ccccc1. The maximum absolute atomic E-state index is 12.3. The lowest BCUT2D eigenvalue weighted by Crippen LogP contribution is -2.41. The molecular formula is C16H21NOSi. The molecule has 1 heterocycles. The zero-order valence-electron chi connectivity index (χ0n) is 12.1. The maximum Gasteiger partial charge on any atom is 0.250 e. The zero-order chi connectivity index (χ0) is 14.0. The lowest BCUT2D eigenvalue weighted by Gasteiger charge is -2.19. The molecule has 0 bridgehead atoms. The summed E-state index contributed by atoms with van der Waals surface area (Å²) in [4.78, 5) is 12.3. The molecule has 0 aliphatic heterocycles. The molecule has 0 amide bonds. The minimum Gasteiger partial charge on any atom is -0.309 e. The third kappa shape index (κ3) is 3.23. The van der Waals surface area contributed by atoms with Crippen LogP contribution < -0.4 is 10.7 Å². The van der Waals surface area contributed by atoms with Gasteiger partial charge >= 0.3 is 0 Å². The van der Waals surface area contributed by atoms with Gasteiger partial charge in [-0.05, 0) is 18.6 Å². The van der Waals surface area contributed by atoms with Crippen molar-refractivity contribution < 1.29 is 0 Å². The van der Waals surface area contributed by atoms with E-state index in [1.54, 1.807) is 0 Å². The molecule has 1 aromatic carbocycles. The second kappa shape index (κ2) is 5.17. The number of pyridine rings is 1. The first-order chi connectivity index (χ1) is 8.88. The van der Waals surface area contributed by atoms with Crippen molar-refractivity contribution in [3.05, 3.63) is 64.1 Å². The average Bonchev–Trinajstić information content (AvgIpc) is 2.33. The van der Waals surface area contributed by atoms with Gasteiger partial charge in [-0.2, -0.15) is 0 Å². The lowest BCUT2D eigenvalue weighted by atomic mass is 10.2. The number of nitrogens with zero attached hydrogens (tertiary/aromatic N) is 1. The third-order valence-corrected chi connectivity index (χ3v) is 5.41. The highest BCUT2D eigenvalue weighted by Crippen LogP contribution is 2.05. The molecule has 0 atom stereocenters. The van der Waals surface area contributed by atoms with E-state index in [0.717, 1.165) is 11.3 Å². The van der Waals surface area contributed by atoms with E-state index in [0.29, 0.717) is 6.54 Å². The molecule has 0 radical (unpaired) electrons. The van der Waals surface area contributed by atoms with Gasteiger partial charge in [0.15, 0.2) is 0 Å². The van der Waals surface area contributed by atoms with Gasteiger partial charge in [0.2, 0.25) is 0 Å². The number of hydrogen-bond donors (Lipinski definition) is 0. The van der Waals surface area contributed by atoms with Crippen molar-refractivity contribution in [2.75, 3.05) is 0 Å². The van der Waals surface area contributed by atoms with E-state index in [-0.39, 0.29) is 5.56 Å². The third-order valence-electron chi connectivity index (χ3n) is 3.38. The first-order valence-corrected chi connectivity index (χ1v) is 10.1. The zero-order valence-corrected chi connectivity index (χ0v) is 13.1. The molecule has 19 heavy (non-hydrogen) atoms. The molecule has 0 saturated heterocycles. The first-order valence-electron chi connectivity index (χ1n) is 6.64. The largest absolute Gasteiger partial charge is 0.309 e. The van der Waals surface area contributed by atoms with Crippen molar-refractivity contribution >= 4 is 13.3 Å². The van der Waals surface area contributed by atoms with Gasteiger partial charge in [0.1, 0.15) is 0 Å². The second-order valence-corrected chi connectivity index (χ2v) is 11.1. The van der Waals surface area contributed by atoms with Crippen LogP contribution >= 0.6 is 0 Å². The molecule has 0 aliphatic carbocycles. The van der Waals surface area contributed by atoms with Crippen molar-refractivity contribution in [2.24, 2.45) is 0 Å². The molecule has 0 spiro atoms. The Balaban J connectivity index is 2.41. The summed E-state index contributed by atoms with van der Waals surface area (Å²) >= 11 is 0. The molecule has 2 aromatic rings. The fourth-order valence-electron chi connectivity index (χ4n) is 2.13. The molecule has 0 fully saturated rings. The summed E-state index contributed by atoms with van der Waals surface area (Å²) in [6.07, 6.45) is 0. The fourth-order valence-corrected chi connectivity index (χ4v) is 3.33. The van der Waals surface area contributed by atoms with E-state index in [1.165, 1.54) is 5.19 Å². The minimum absolute atomic E-state index is 0.112. The summed E-state index contributed by atoms with van der Waals surface area (Å²) in [5.41, 5.74) is 2.32. The van der Waals surface area contributed by atoms with Gasteiger partial charge in [-0.15, -0.1) is 0 Å². The van der Waals surface area contributed by atoms with Crippen LogP contribution in [-0.2, 0) is 6.54 Å². The highest BCUT2D eigenvalue weighted by molar-refractivity contribution is 6.88. The molecule has 2 rings (SSSR count). The van der Waals surface area contributed by atoms with Crippen molar-refractivity contribution in [1.82, 2.24) is 4.57 Å². The topological polar surface area (TPSA) is 22.0 Å². The summed E-state index contributed by atoms with van der Waals surface area (Å²) < 4.78 is 1.85. The van der Waals surface area contributed by atoms with Crippen LogP contribution in [-0.4, -0.2) is 12.6 Å². The quantitative estimate of drug-likeness (QED) is 0.787. The van der Waals surface area contributed by atoms with Gasteiger partial charge in [0, 0.05) is 11.8 Å². The Bertz CT molecular complexity index is 623. The van der Waals surface area contributed by atoms with Crippen molar-refractivity contribution in [2.45, 2.75) is 33.1 Å². The van der Waals surface area contributed by atoms with Gasteiger partial charge in [-0.3, -0.25) is 4.79 Å². The highest BCUT2D eigenvalue weighted by Gasteiger charge is 2.18. The van der Waals surface area contributed by atoms with Crippen LogP contribution in [0, 0.1) is 6.92 Å². The van der Waals surface area contributed by atoms with E-state index < -0.39 is 8.07 Å². The summed E-state index contributed by atoms with van der Waals surface area (Å²) in [6.45, 7) is 9.47. The Labute approximate surface area is 115 Å². The van der Waals surface area contributed by atoms with Crippen LogP contribution in [0.3, 0.4) is 0 Å². The Hall–Kier alpha value is -1.61. The van der Waals surface area contributed by atoms with Gasteiger partial charge in [0.05, 0.1) is 14.6 Å². The summed E-state index contributed by atoms with van der Waals surface area (Å²) in [7, 11) is -1.42. The van der Waals surface area contributed by atoms with Crippen LogP contribution in [0.25, 0.3) is 0 Å². The molecule has 0 aliphatic rings. The monoisotopic (exact) mass is 271 g/mol. The summed E-state index contributed by atoms with van der Waals surface area (Å²) in [5, 5.41) is 1.24. The van der Waals surface area contributed by atoms with E-state index in [9.17, 15) is 4.79 Å². The fraction of sp³-hybridized carbons (Fsp3) is 0.312. The Morgan fingerprint density at radius 3 is 2.21 bits per heavy atom. The van der Waals surface area contributed by atoms with Crippen LogP contribution in [0.4, 0.5) is 0 Å². The molecule has 100 valence electrons. The molecular weight excluding hydrogens is 250 g/mol. The van der Waals surface area contributed by atoms with E-state index in [4.69, 9.17) is 0 Å². The van der Waals surface area contributed by atoms with Crippen molar-refractivity contribution in [1.29, 1.82) is 0 Å². The number of rotatable bonds is 3. The average molecular weight is 271 g/mol. The standard InChI is InChI=1S/C16H21NOSi/c1-13-10-15(19(2,3)4)11-16(18)17(13)12-14-8-6-5-7-9-14/h5-11H,12H2,1-4H3. The van der Waals surface area contributed by atoms with Crippen LogP contribution in [0.5, 0.6) is 0 Å². The predicted molar refractivity (Wildman–Crippen MR) is 84.0 cm³/mol. The summed E-state index contributed by atoms with van der Waals surface area (Å²) in [5.74, 6) is 0. The molecule has 2 nitrogen and oxygen atoms in total. The lowest BCUT2D eigenvalue weighted by molar-refractivity contribution is 0.731. The van der Waals surface area contributed by atoms with Crippen LogP contribution in [0.15, 0.2) is 47.3 Å². The first kappa shape index (κ1) is 13.8. The normalized spacial score (nSPS) is 11.6. The Morgan fingerprint density at radius 2 is 1.68 bits per heavy atom.